The SMILES string of the molecule is CCC(Br)c1nnc(-c2cc(F)c(F)c(F)c2)s1. The van der Waals surface area contributed by atoms with Gasteiger partial charge in [-0.15, -0.1) is 10.2 Å². The molecule has 0 aliphatic rings. The lowest BCUT2D eigenvalue weighted by atomic mass is 10.2. The summed E-state index contributed by atoms with van der Waals surface area (Å²) in [6.07, 6.45) is 0.820. The molecule has 1 atom stereocenters. The fraction of sp³-hybridized carbons (Fsp3) is 0.273. The minimum atomic E-state index is -1.48. The van der Waals surface area contributed by atoms with Crippen molar-refractivity contribution in [1.82, 2.24) is 10.2 Å². The zero-order chi connectivity index (χ0) is 13.3. The summed E-state index contributed by atoms with van der Waals surface area (Å²) >= 11 is 4.63. The van der Waals surface area contributed by atoms with Gasteiger partial charge in [-0.2, -0.15) is 0 Å². The van der Waals surface area contributed by atoms with Gasteiger partial charge in [0.1, 0.15) is 10.0 Å². The topological polar surface area (TPSA) is 25.8 Å². The zero-order valence-corrected chi connectivity index (χ0v) is 11.7. The second-order valence-electron chi connectivity index (χ2n) is 3.58. The molecule has 1 aromatic heterocycles. The molecule has 0 aliphatic carbocycles. The minimum absolute atomic E-state index is 0.0545. The highest BCUT2D eigenvalue weighted by Gasteiger charge is 2.16. The van der Waals surface area contributed by atoms with Crippen LogP contribution < -0.4 is 0 Å². The molecule has 1 aromatic carbocycles. The Balaban J connectivity index is 2.40. The van der Waals surface area contributed by atoms with Gasteiger partial charge in [-0.1, -0.05) is 34.2 Å². The maximum absolute atomic E-state index is 13.1. The van der Waals surface area contributed by atoms with Crippen molar-refractivity contribution < 1.29 is 13.2 Å². The van der Waals surface area contributed by atoms with Crippen molar-refractivity contribution in [2.45, 2.75) is 18.2 Å². The van der Waals surface area contributed by atoms with Gasteiger partial charge >= 0.3 is 0 Å². The molecule has 0 saturated heterocycles. The molecule has 2 aromatic rings. The van der Waals surface area contributed by atoms with Crippen LogP contribution in [0.15, 0.2) is 12.1 Å². The molecule has 0 saturated carbocycles. The average molecular weight is 337 g/mol. The van der Waals surface area contributed by atoms with Gasteiger partial charge in [-0.25, -0.2) is 13.2 Å². The van der Waals surface area contributed by atoms with Crippen molar-refractivity contribution >= 4 is 27.3 Å². The second-order valence-corrected chi connectivity index (χ2v) is 5.69. The van der Waals surface area contributed by atoms with E-state index in [0.29, 0.717) is 5.01 Å². The Morgan fingerprint density at radius 2 is 1.83 bits per heavy atom. The number of hydrogen-bond acceptors (Lipinski definition) is 3. The summed E-state index contributed by atoms with van der Waals surface area (Å²) in [6, 6.07) is 1.83. The molecule has 0 N–H and O–H groups in total. The average Bonchev–Trinajstić information content (AvgIpc) is 2.84. The van der Waals surface area contributed by atoms with Crippen LogP contribution in [0.1, 0.15) is 23.2 Å². The number of hydrogen-bond donors (Lipinski definition) is 0. The molecule has 0 bridgehead atoms. The first-order chi connectivity index (χ1) is 8.52. The fourth-order valence-corrected chi connectivity index (χ4v) is 2.60. The Bertz CT molecular complexity index is 550. The van der Waals surface area contributed by atoms with Crippen molar-refractivity contribution in [3.63, 3.8) is 0 Å². The molecule has 1 unspecified atom stereocenters. The van der Waals surface area contributed by atoms with Crippen LogP contribution >= 0.6 is 27.3 Å². The lowest BCUT2D eigenvalue weighted by Gasteiger charge is -2.00. The van der Waals surface area contributed by atoms with E-state index in [-0.39, 0.29) is 10.4 Å². The van der Waals surface area contributed by atoms with Gasteiger partial charge in [0, 0.05) is 5.56 Å². The molecule has 0 spiro atoms. The molecule has 96 valence electrons. The van der Waals surface area contributed by atoms with Crippen molar-refractivity contribution in [3.05, 3.63) is 34.6 Å². The molecule has 2 nitrogen and oxygen atoms in total. The van der Waals surface area contributed by atoms with Gasteiger partial charge in [0.2, 0.25) is 0 Å². The Kier molecular flexibility index (Phi) is 4.01. The highest BCUT2D eigenvalue weighted by Crippen LogP contribution is 2.33. The highest BCUT2D eigenvalue weighted by atomic mass is 79.9. The molecular weight excluding hydrogens is 329 g/mol. The van der Waals surface area contributed by atoms with E-state index in [0.717, 1.165) is 23.6 Å². The summed E-state index contributed by atoms with van der Waals surface area (Å²) in [5.41, 5.74) is 0.186. The smallest absolute Gasteiger partial charge is 0.194 e. The first-order valence-corrected chi connectivity index (χ1v) is 6.88. The van der Waals surface area contributed by atoms with E-state index in [4.69, 9.17) is 0 Å². The number of aromatic nitrogens is 2. The van der Waals surface area contributed by atoms with Gasteiger partial charge in [0.05, 0.1) is 4.83 Å². The van der Waals surface area contributed by atoms with Crippen LogP contribution in [-0.4, -0.2) is 10.2 Å². The van der Waals surface area contributed by atoms with E-state index in [9.17, 15) is 13.2 Å². The quantitative estimate of drug-likeness (QED) is 0.610. The van der Waals surface area contributed by atoms with Gasteiger partial charge in [-0.3, -0.25) is 0 Å². The van der Waals surface area contributed by atoms with E-state index in [1.165, 1.54) is 11.3 Å². The van der Waals surface area contributed by atoms with E-state index in [2.05, 4.69) is 26.1 Å². The Morgan fingerprint density at radius 1 is 1.22 bits per heavy atom. The predicted octanol–water partition coefficient (Wildman–Crippen LogP) is 4.47. The zero-order valence-electron chi connectivity index (χ0n) is 9.25. The van der Waals surface area contributed by atoms with Crippen LogP contribution in [0.5, 0.6) is 0 Å². The fourth-order valence-electron chi connectivity index (χ4n) is 1.33. The lowest BCUT2D eigenvalue weighted by molar-refractivity contribution is 0.447. The van der Waals surface area contributed by atoms with E-state index in [1.54, 1.807) is 0 Å². The highest BCUT2D eigenvalue weighted by molar-refractivity contribution is 9.09. The second kappa shape index (κ2) is 5.36. The van der Waals surface area contributed by atoms with Crippen LogP contribution in [0.4, 0.5) is 13.2 Å². The Morgan fingerprint density at radius 3 is 2.39 bits per heavy atom. The Labute approximate surface area is 114 Å². The molecule has 0 amide bonds. The van der Waals surface area contributed by atoms with Crippen molar-refractivity contribution in [2.24, 2.45) is 0 Å². The molecule has 2 rings (SSSR count). The molecule has 0 aliphatic heterocycles. The van der Waals surface area contributed by atoms with Crippen LogP contribution in [0.2, 0.25) is 0 Å². The predicted molar refractivity (Wildman–Crippen MR) is 67.2 cm³/mol. The standard InChI is InChI=1S/C11H8BrF3N2S/c1-2-6(12)11-17-16-10(18-11)5-3-7(13)9(15)8(14)4-5/h3-4,6H,2H2,1H3. The minimum Gasteiger partial charge on any atom is -0.204 e. The normalized spacial score (nSPS) is 12.7. The van der Waals surface area contributed by atoms with Crippen LogP contribution in [0.3, 0.4) is 0 Å². The number of alkyl halides is 1. The third kappa shape index (κ3) is 2.56. The monoisotopic (exact) mass is 336 g/mol. The van der Waals surface area contributed by atoms with Crippen LogP contribution in [0, 0.1) is 17.5 Å². The maximum Gasteiger partial charge on any atom is 0.194 e. The first-order valence-electron chi connectivity index (χ1n) is 5.15. The molecule has 0 fully saturated rings. The number of halogens is 4. The number of nitrogens with zero attached hydrogens (tertiary/aromatic N) is 2. The van der Waals surface area contributed by atoms with E-state index < -0.39 is 17.5 Å². The summed E-state index contributed by atoms with van der Waals surface area (Å²) in [5.74, 6) is -3.93. The summed E-state index contributed by atoms with van der Waals surface area (Å²) in [4.78, 5) is 0.0545. The summed E-state index contributed by atoms with van der Waals surface area (Å²) < 4.78 is 39.0. The van der Waals surface area contributed by atoms with E-state index in [1.807, 2.05) is 6.92 Å². The van der Waals surface area contributed by atoms with Gasteiger partial charge in [-0.05, 0) is 18.6 Å². The third-order valence-electron chi connectivity index (χ3n) is 2.30. The van der Waals surface area contributed by atoms with Crippen LogP contribution in [0.25, 0.3) is 10.6 Å². The lowest BCUT2D eigenvalue weighted by Crippen LogP contribution is -1.91. The van der Waals surface area contributed by atoms with Crippen molar-refractivity contribution in [3.8, 4) is 10.6 Å². The molecule has 0 radical (unpaired) electrons. The van der Waals surface area contributed by atoms with Crippen molar-refractivity contribution in [1.29, 1.82) is 0 Å². The van der Waals surface area contributed by atoms with Crippen LogP contribution in [-0.2, 0) is 0 Å². The summed E-state index contributed by atoms with van der Waals surface area (Å²) in [6.45, 7) is 1.97. The maximum atomic E-state index is 13.1. The number of rotatable bonds is 3. The van der Waals surface area contributed by atoms with Crippen molar-refractivity contribution in [2.75, 3.05) is 0 Å². The third-order valence-corrected chi connectivity index (χ3v) is 4.77. The molecule has 18 heavy (non-hydrogen) atoms. The molecule has 7 heteroatoms. The number of benzene rings is 1. The van der Waals surface area contributed by atoms with Gasteiger partial charge in [0.15, 0.2) is 17.5 Å². The summed E-state index contributed by atoms with van der Waals surface area (Å²) in [5, 5.41) is 8.86. The largest absolute Gasteiger partial charge is 0.204 e. The Hall–Kier alpha value is -0.950. The molecule has 1 heterocycles. The molecular formula is C11H8BrF3N2S. The first kappa shape index (κ1) is 13.5. The van der Waals surface area contributed by atoms with E-state index >= 15 is 0 Å². The summed E-state index contributed by atoms with van der Waals surface area (Å²) in [7, 11) is 0. The van der Waals surface area contributed by atoms with Gasteiger partial charge < -0.3 is 0 Å². The van der Waals surface area contributed by atoms with Gasteiger partial charge in [0.25, 0.3) is 0 Å².